The van der Waals surface area contributed by atoms with Crippen LogP contribution in [0.3, 0.4) is 0 Å². The summed E-state index contributed by atoms with van der Waals surface area (Å²) in [6, 6.07) is 4.96. The van der Waals surface area contributed by atoms with E-state index >= 15 is 0 Å². The predicted octanol–water partition coefficient (Wildman–Crippen LogP) is 2.63. The number of rotatable bonds is 6. The van der Waals surface area contributed by atoms with Gasteiger partial charge in [0.25, 0.3) is 0 Å². The molecular weight excluding hydrogens is 246 g/mol. The first-order chi connectivity index (χ1) is 8.75. The molecule has 3 N–H and O–H groups in total. The smallest absolute Gasteiger partial charge is 0.313 e. The maximum Gasteiger partial charge on any atom is 0.313 e. The van der Waals surface area contributed by atoms with Crippen molar-refractivity contribution in [2.75, 3.05) is 6.61 Å². The molecule has 0 fully saturated rings. The van der Waals surface area contributed by atoms with Gasteiger partial charge in [0.1, 0.15) is 0 Å². The van der Waals surface area contributed by atoms with Crippen LogP contribution in [-0.2, 0) is 0 Å². The first-order valence-corrected chi connectivity index (χ1v) is 5.97. The highest BCUT2D eigenvalue weighted by Gasteiger charge is 2.23. The Hall–Kier alpha value is -2.11. The van der Waals surface area contributed by atoms with Gasteiger partial charge in [-0.25, -0.2) is 0 Å². The van der Waals surface area contributed by atoms with Crippen LogP contribution in [0.25, 0.3) is 0 Å². The summed E-state index contributed by atoms with van der Waals surface area (Å²) in [6.07, 6.45) is 0.521. The summed E-state index contributed by atoms with van der Waals surface area (Å²) in [4.78, 5) is 10.5. The zero-order valence-electron chi connectivity index (χ0n) is 11.4. The molecule has 1 rings (SSSR count). The van der Waals surface area contributed by atoms with Gasteiger partial charge in [-0.2, -0.15) is 0 Å². The molecule has 0 aliphatic carbocycles. The summed E-state index contributed by atoms with van der Waals surface area (Å²) >= 11 is 0. The quantitative estimate of drug-likeness (QED) is 0.357. The van der Waals surface area contributed by atoms with Gasteiger partial charge in [0, 0.05) is 11.0 Å². The molecule has 0 atom stereocenters. The number of benzene rings is 1. The molecule has 0 spiro atoms. The topological polar surface area (TPSA) is 102 Å². The second-order valence-electron chi connectivity index (χ2n) is 5.07. The van der Waals surface area contributed by atoms with Gasteiger partial charge >= 0.3 is 5.69 Å². The molecule has 0 saturated heterocycles. The van der Waals surface area contributed by atoms with E-state index in [0.717, 1.165) is 0 Å². The Labute approximate surface area is 112 Å². The predicted molar refractivity (Wildman–Crippen MR) is 73.6 cm³/mol. The van der Waals surface area contributed by atoms with Crippen molar-refractivity contribution in [2.24, 2.45) is 11.1 Å². The summed E-state index contributed by atoms with van der Waals surface area (Å²) in [7, 11) is 0. The van der Waals surface area contributed by atoms with E-state index in [4.69, 9.17) is 15.9 Å². The number of nitrogens with one attached hydrogen (secondary N) is 1. The van der Waals surface area contributed by atoms with Crippen molar-refractivity contribution < 1.29 is 9.66 Å². The van der Waals surface area contributed by atoms with Gasteiger partial charge < -0.3 is 10.5 Å². The number of nitro groups is 1. The fourth-order valence-corrected chi connectivity index (χ4v) is 1.53. The van der Waals surface area contributed by atoms with Crippen LogP contribution in [0.1, 0.15) is 25.8 Å². The van der Waals surface area contributed by atoms with E-state index in [-0.39, 0.29) is 23.9 Å². The van der Waals surface area contributed by atoms with Crippen molar-refractivity contribution >= 4 is 11.5 Å². The Kier molecular flexibility index (Phi) is 4.47. The fraction of sp³-hybridized carbons (Fsp3) is 0.462. The number of nitro benzene ring substituents is 1. The minimum absolute atomic E-state index is 0.0110. The van der Waals surface area contributed by atoms with Gasteiger partial charge in [-0.15, -0.1) is 0 Å². The normalized spacial score (nSPS) is 11.1. The summed E-state index contributed by atoms with van der Waals surface area (Å²) < 4.78 is 5.47. The number of nitrogens with two attached hydrogens (primary N) is 1. The molecule has 0 aliphatic heterocycles. The fourth-order valence-electron chi connectivity index (χ4n) is 1.53. The van der Waals surface area contributed by atoms with Crippen LogP contribution in [0.2, 0.25) is 0 Å². The van der Waals surface area contributed by atoms with Crippen LogP contribution in [-0.4, -0.2) is 17.4 Å². The van der Waals surface area contributed by atoms with Gasteiger partial charge in [0.15, 0.2) is 5.75 Å². The molecule has 0 aromatic heterocycles. The lowest BCUT2D eigenvalue weighted by atomic mass is 9.88. The van der Waals surface area contributed by atoms with Gasteiger partial charge in [0.2, 0.25) is 0 Å². The van der Waals surface area contributed by atoms with E-state index < -0.39 is 10.3 Å². The Morgan fingerprint density at radius 2 is 2.16 bits per heavy atom. The van der Waals surface area contributed by atoms with Crippen LogP contribution in [0, 0.1) is 27.9 Å². The summed E-state index contributed by atoms with van der Waals surface area (Å²) in [5.41, 5.74) is 5.55. The third-order valence-corrected chi connectivity index (χ3v) is 3.10. The monoisotopic (exact) mass is 265 g/mol. The van der Waals surface area contributed by atoms with Crippen LogP contribution < -0.4 is 10.5 Å². The average Bonchev–Trinajstić information content (AvgIpc) is 2.27. The molecule has 0 saturated carbocycles. The van der Waals surface area contributed by atoms with Crippen molar-refractivity contribution in [1.29, 1.82) is 5.41 Å². The Morgan fingerprint density at radius 3 is 2.68 bits per heavy atom. The van der Waals surface area contributed by atoms with E-state index in [1.54, 1.807) is 25.1 Å². The Morgan fingerprint density at radius 1 is 1.53 bits per heavy atom. The minimum atomic E-state index is -0.474. The van der Waals surface area contributed by atoms with Crippen molar-refractivity contribution in [2.45, 2.75) is 27.2 Å². The number of amidine groups is 1. The minimum Gasteiger partial charge on any atom is -0.487 e. The zero-order valence-corrected chi connectivity index (χ0v) is 11.4. The van der Waals surface area contributed by atoms with Gasteiger partial charge in [-0.3, -0.25) is 15.5 Å². The van der Waals surface area contributed by atoms with E-state index in [2.05, 4.69) is 0 Å². The van der Waals surface area contributed by atoms with Crippen molar-refractivity contribution in [3.05, 3.63) is 33.9 Å². The van der Waals surface area contributed by atoms with Crippen molar-refractivity contribution in [1.82, 2.24) is 0 Å². The largest absolute Gasteiger partial charge is 0.487 e. The van der Waals surface area contributed by atoms with Crippen LogP contribution in [0.5, 0.6) is 5.75 Å². The molecule has 1 aromatic rings. The van der Waals surface area contributed by atoms with Crippen molar-refractivity contribution in [3.63, 3.8) is 0 Å². The second kappa shape index (κ2) is 5.69. The highest BCUT2D eigenvalue weighted by atomic mass is 16.6. The second-order valence-corrected chi connectivity index (χ2v) is 5.07. The van der Waals surface area contributed by atoms with E-state index in [9.17, 15) is 10.1 Å². The molecule has 1 aromatic carbocycles. The molecule has 6 heteroatoms. The standard InChI is InChI=1S/C13H19N3O3/c1-9-5-4-6-10(11(9)16(17)18)19-8-7-13(2,3)12(14)15/h4-6H,7-8H2,1-3H3,(H3,14,15). The first kappa shape index (κ1) is 14.9. The third kappa shape index (κ3) is 3.67. The maximum atomic E-state index is 11.0. The molecular formula is C13H19N3O3. The molecule has 19 heavy (non-hydrogen) atoms. The molecule has 0 radical (unpaired) electrons. The van der Waals surface area contributed by atoms with Crippen LogP contribution in [0.15, 0.2) is 18.2 Å². The molecule has 0 unspecified atom stereocenters. The Bertz CT molecular complexity index is 498. The number of nitrogens with zero attached hydrogens (tertiary/aromatic N) is 1. The first-order valence-electron chi connectivity index (χ1n) is 5.97. The highest BCUT2D eigenvalue weighted by Crippen LogP contribution is 2.31. The molecule has 0 bridgehead atoms. The van der Waals surface area contributed by atoms with Gasteiger partial charge in [0.05, 0.1) is 17.4 Å². The third-order valence-electron chi connectivity index (χ3n) is 3.10. The number of para-hydroxylation sites is 1. The zero-order chi connectivity index (χ0) is 14.6. The number of hydrogen-bond acceptors (Lipinski definition) is 4. The van der Waals surface area contributed by atoms with Gasteiger partial charge in [-0.05, 0) is 19.4 Å². The highest BCUT2D eigenvalue weighted by molar-refractivity contribution is 5.82. The van der Waals surface area contributed by atoms with Gasteiger partial charge in [-0.1, -0.05) is 26.0 Å². The summed E-state index contributed by atoms with van der Waals surface area (Å²) in [6.45, 7) is 5.62. The average molecular weight is 265 g/mol. The summed E-state index contributed by atoms with van der Waals surface area (Å²) in [5, 5.41) is 18.4. The van der Waals surface area contributed by atoms with Crippen LogP contribution in [0.4, 0.5) is 5.69 Å². The number of hydrogen-bond donors (Lipinski definition) is 2. The number of aryl methyl sites for hydroxylation is 1. The number of ether oxygens (including phenoxy) is 1. The lowest BCUT2D eigenvalue weighted by molar-refractivity contribution is -0.386. The maximum absolute atomic E-state index is 11.0. The summed E-state index contributed by atoms with van der Waals surface area (Å²) in [5.74, 6) is 0.333. The molecule has 6 nitrogen and oxygen atoms in total. The van der Waals surface area contributed by atoms with E-state index in [1.165, 1.54) is 0 Å². The lowest BCUT2D eigenvalue weighted by Gasteiger charge is -2.22. The van der Waals surface area contributed by atoms with E-state index in [0.29, 0.717) is 12.0 Å². The SMILES string of the molecule is Cc1cccc(OCCC(C)(C)C(=N)N)c1[N+](=O)[O-]. The van der Waals surface area contributed by atoms with Crippen LogP contribution >= 0.6 is 0 Å². The molecule has 0 amide bonds. The van der Waals surface area contributed by atoms with Crippen molar-refractivity contribution in [3.8, 4) is 5.75 Å². The molecule has 0 aliphatic rings. The lowest BCUT2D eigenvalue weighted by Crippen LogP contribution is -2.32. The van der Waals surface area contributed by atoms with E-state index in [1.807, 2.05) is 13.8 Å². The molecule has 104 valence electrons. The Balaban J connectivity index is 2.77. The molecule has 0 heterocycles.